The number of nitrogens with zero attached hydrogens (tertiary/aromatic N) is 1. The first-order valence-electron chi connectivity index (χ1n) is 7.83. The van der Waals surface area contributed by atoms with Crippen molar-refractivity contribution in [3.8, 4) is 6.07 Å². The molecule has 2 bridgehead atoms. The number of carbonyl (C=O) groups is 1. The van der Waals surface area contributed by atoms with Gasteiger partial charge in [-0.1, -0.05) is 0 Å². The maximum Gasteiger partial charge on any atom is 0.168 e. The Morgan fingerprint density at radius 1 is 1.24 bits per heavy atom. The molecule has 1 aromatic heterocycles. The van der Waals surface area contributed by atoms with Gasteiger partial charge in [0.05, 0.1) is 11.6 Å². The highest BCUT2D eigenvalue weighted by Crippen LogP contribution is 2.70. The molecule has 5 rings (SSSR count). The SMILES string of the molecule is N#Cc1ccc2[nH]cc(C(=O)C3C4C5CCC(C5)C34)c2c1. The van der Waals surface area contributed by atoms with E-state index in [1.165, 1.54) is 19.3 Å². The van der Waals surface area contributed by atoms with Crippen molar-refractivity contribution in [1.82, 2.24) is 4.98 Å². The molecule has 1 heterocycles. The molecule has 2 aromatic rings. The lowest BCUT2D eigenvalue weighted by Gasteiger charge is -2.07. The molecule has 4 unspecified atom stereocenters. The Kier molecular flexibility index (Phi) is 2.07. The highest BCUT2D eigenvalue weighted by molar-refractivity contribution is 6.10. The van der Waals surface area contributed by atoms with E-state index in [2.05, 4.69) is 11.1 Å². The minimum atomic E-state index is 0.265. The smallest absolute Gasteiger partial charge is 0.168 e. The molecular formula is C18H16N2O. The van der Waals surface area contributed by atoms with Crippen LogP contribution in [0.4, 0.5) is 0 Å². The van der Waals surface area contributed by atoms with Crippen LogP contribution < -0.4 is 0 Å². The first kappa shape index (κ1) is 11.6. The van der Waals surface area contributed by atoms with Crippen molar-refractivity contribution in [3.05, 3.63) is 35.5 Å². The van der Waals surface area contributed by atoms with Crippen LogP contribution in [0.1, 0.15) is 35.2 Å². The third-order valence-electron chi connectivity index (χ3n) is 6.11. The Morgan fingerprint density at radius 2 is 2.00 bits per heavy atom. The number of fused-ring (bicyclic) bond motifs is 6. The Balaban J connectivity index is 1.54. The minimum absolute atomic E-state index is 0.265. The number of carbonyl (C=O) groups excluding carboxylic acids is 1. The van der Waals surface area contributed by atoms with E-state index in [-0.39, 0.29) is 5.92 Å². The maximum atomic E-state index is 12.9. The van der Waals surface area contributed by atoms with Crippen molar-refractivity contribution in [2.24, 2.45) is 29.6 Å². The Bertz CT molecular complexity index is 796. The lowest BCUT2D eigenvalue weighted by molar-refractivity contribution is 0.0946. The van der Waals surface area contributed by atoms with E-state index in [4.69, 9.17) is 5.26 Å². The minimum Gasteiger partial charge on any atom is -0.360 e. The van der Waals surface area contributed by atoms with Gasteiger partial charge in [-0.2, -0.15) is 5.26 Å². The average molecular weight is 276 g/mol. The van der Waals surface area contributed by atoms with Crippen LogP contribution in [0.2, 0.25) is 0 Å². The molecule has 0 spiro atoms. The summed E-state index contributed by atoms with van der Waals surface area (Å²) in [5, 5.41) is 9.96. The molecule has 1 aromatic carbocycles. The third-order valence-corrected chi connectivity index (χ3v) is 6.11. The predicted octanol–water partition coefficient (Wildman–Crippen LogP) is 3.51. The molecule has 0 saturated heterocycles. The topological polar surface area (TPSA) is 56.6 Å². The normalized spacial score (nSPS) is 35.7. The van der Waals surface area contributed by atoms with Crippen LogP contribution in [0.5, 0.6) is 0 Å². The summed E-state index contributed by atoms with van der Waals surface area (Å²) < 4.78 is 0. The Hall–Kier alpha value is -2.08. The van der Waals surface area contributed by atoms with E-state index in [1.807, 2.05) is 18.3 Å². The molecule has 3 nitrogen and oxygen atoms in total. The molecule has 0 radical (unpaired) electrons. The molecule has 4 atom stereocenters. The van der Waals surface area contributed by atoms with E-state index in [0.29, 0.717) is 23.2 Å². The molecular weight excluding hydrogens is 260 g/mol. The summed E-state index contributed by atoms with van der Waals surface area (Å²) in [6, 6.07) is 7.68. The fraction of sp³-hybridized carbons (Fsp3) is 0.444. The van der Waals surface area contributed by atoms with Gasteiger partial charge in [-0.15, -0.1) is 0 Å². The van der Waals surface area contributed by atoms with Crippen molar-refractivity contribution in [3.63, 3.8) is 0 Å². The van der Waals surface area contributed by atoms with Crippen LogP contribution in [0.3, 0.4) is 0 Å². The van der Waals surface area contributed by atoms with E-state index in [1.54, 1.807) is 6.07 Å². The number of ketones is 1. The van der Waals surface area contributed by atoms with Gasteiger partial charge in [-0.25, -0.2) is 0 Å². The summed E-state index contributed by atoms with van der Waals surface area (Å²) in [7, 11) is 0. The van der Waals surface area contributed by atoms with E-state index in [0.717, 1.165) is 28.3 Å². The Labute approximate surface area is 123 Å². The largest absolute Gasteiger partial charge is 0.360 e. The molecule has 3 fully saturated rings. The highest BCUT2D eigenvalue weighted by Gasteiger charge is 2.67. The van der Waals surface area contributed by atoms with Gasteiger partial charge >= 0.3 is 0 Å². The number of aromatic nitrogens is 1. The van der Waals surface area contributed by atoms with Gasteiger partial charge < -0.3 is 4.98 Å². The number of aromatic amines is 1. The number of Topliss-reactive ketones (excluding diaryl/α,β-unsaturated/α-hetero) is 1. The number of H-pyrrole nitrogens is 1. The number of nitriles is 1. The van der Waals surface area contributed by atoms with Crippen molar-refractivity contribution in [1.29, 1.82) is 5.26 Å². The molecule has 0 amide bonds. The molecule has 3 heteroatoms. The number of hydrogen-bond acceptors (Lipinski definition) is 2. The van der Waals surface area contributed by atoms with Crippen LogP contribution in [-0.2, 0) is 0 Å². The lowest BCUT2D eigenvalue weighted by Crippen LogP contribution is -2.09. The number of nitrogens with one attached hydrogen (secondary N) is 1. The molecule has 0 aliphatic heterocycles. The van der Waals surface area contributed by atoms with Crippen molar-refractivity contribution in [2.75, 3.05) is 0 Å². The summed E-state index contributed by atoms with van der Waals surface area (Å²) in [5.41, 5.74) is 2.36. The second kappa shape index (κ2) is 3.76. The van der Waals surface area contributed by atoms with E-state index in [9.17, 15) is 4.79 Å². The second-order valence-electron chi connectivity index (χ2n) is 6.95. The van der Waals surface area contributed by atoms with Gasteiger partial charge in [-0.05, 0) is 61.1 Å². The molecule has 1 N–H and O–H groups in total. The van der Waals surface area contributed by atoms with Crippen LogP contribution in [-0.4, -0.2) is 10.8 Å². The summed E-state index contributed by atoms with van der Waals surface area (Å²) in [6.07, 6.45) is 5.87. The summed E-state index contributed by atoms with van der Waals surface area (Å²) in [4.78, 5) is 16.1. The zero-order valence-electron chi connectivity index (χ0n) is 11.7. The zero-order chi connectivity index (χ0) is 14.1. The highest BCUT2D eigenvalue weighted by atomic mass is 16.1. The predicted molar refractivity (Wildman–Crippen MR) is 78.6 cm³/mol. The van der Waals surface area contributed by atoms with Crippen LogP contribution in [0.25, 0.3) is 10.9 Å². The number of hydrogen-bond donors (Lipinski definition) is 1. The molecule has 3 saturated carbocycles. The van der Waals surface area contributed by atoms with Gasteiger partial charge in [0.25, 0.3) is 0 Å². The van der Waals surface area contributed by atoms with Gasteiger partial charge in [0.1, 0.15) is 0 Å². The summed E-state index contributed by atoms with van der Waals surface area (Å²) in [6.45, 7) is 0. The fourth-order valence-corrected chi connectivity index (χ4v) is 5.25. The van der Waals surface area contributed by atoms with Crippen molar-refractivity contribution < 1.29 is 4.79 Å². The molecule has 104 valence electrons. The van der Waals surface area contributed by atoms with Crippen LogP contribution in [0, 0.1) is 40.9 Å². The van der Waals surface area contributed by atoms with Gasteiger partial charge in [-0.3, -0.25) is 4.79 Å². The summed E-state index contributed by atoms with van der Waals surface area (Å²) >= 11 is 0. The van der Waals surface area contributed by atoms with Crippen LogP contribution in [0.15, 0.2) is 24.4 Å². The quantitative estimate of drug-likeness (QED) is 0.853. The average Bonchev–Trinajstić information content (AvgIpc) is 2.85. The lowest BCUT2D eigenvalue weighted by atomic mass is 9.96. The van der Waals surface area contributed by atoms with Crippen molar-refractivity contribution in [2.45, 2.75) is 19.3 Å². The first-order valence-corrected chi connectivity index (χ1v) is 7.83. The standard InChI is InChI=1S/C18H16N2O/c19-7-9-1-4-14-12(5-9)13(8-20-14)18(21)17-15-10-2-3-11(6-10)16(15)17/h1,4-5,8,10-11,15-17,20H,2-3,6H2. The Morgan fingerprint density at radius 3 is 2.71 bits per heavy atom. The monoisotopic (exact) mass is 276 g/mol. The third kappa shape index (κ3) is 1.40. The maximum absolute atomic E-state index is 12.9. The van der Waals surface area contributed by atoms with Gasteiger partial charge in [0.2, 0.25) is 0 Å². The number of benzene rings is 1. The number of rotatable bonds is 2. The molecule has 3 aliphatic rings. The second-order valence-corrected chi connectivity index (χ2v) is 6.95. The first-order chi connectivity index (χ1) is 10.3. The van der Waals surface area contributed by atoms with E-state index < -0.39 is 0 Å². The van der Waals surface area contributed by atoms with Crippen LogP contribution >= 0.6 is 0 Å². The molecule has 3 aliphatic carbocycles. The fourth-order valence-electron chi connectivity index (χ4n) is 5.25. The summed E-state index contributed by atoms with van der Waals surface area (Å²) in [5.74, 6) is 3.53. The van der Waals surface area contributed by atoms with Crippen molar-refractivity contribution >= 4 is 16.7 Å². The van der Waals surface area contributed by atoms with E-state index >= 15 is 0 Å². The zero-order valence-corrected chi connectivity index (χ0v) is 11.7. The van der Waals surface area contributed by atoms with Gasteiger partial charge in [0, 0.05) is 28.6 Å². The molecule has 21 heavy (non-hydrogen) atoms. The van der Waals surface area contributed by atoms with Gasteiger partial charge in [0.15, 0.2) is 5.78 Å².